The lowest BCUT2D eigenvalue weighted by molar-refractivity contribution is -0.0256. The van der Waals surface area contributed by atoms with Crippen molar-refractivity contribution in [3.63, 3.8) is 0 Å². The normalized spacial score (nSPS) is 43.2. The third kappa shape index (κ3) is 1.88. The zero-order valence-corrected chi connectivity index (χ0v) is 13.6. The molecule has 2 fully saturated rings. The van der Waals surface area contributed by atoms with Crippen molar-refractivity contribution >= 4 is 0 Å². The molecule has 3 heteroatoms. The Hall–Kier alpha value is -1.06. The Bertz CT molecular complexity index is 587. The summed E-state index contributed by atoms with van der Waals surface area (Å²) in [7, 11) is 1.74. The summed E-state index contributed by atoms with van der Waals surface area (Å²) in [5, 5.41) is 10.6. The molecule has 3 nitrogen and oxygen atoms in total. The van der Waals surface area contributed by atoms with E-state index in [0.29, 0.717) is 17.8 Å². The largest absolute Gasteiger partial charge is 0.497 e. The fraction of sp³-hybridized carbons (Fsp3) is 0.684. The van der Waals surface area contributed by atoms with Crippen molar-refractivity contribution in [2.45, 2.75) is 57.1 Å². The van der Waals surface area contributed by atoms with E-state index in [0.717, 1.165) is 25.0 Å². The van der Waals surface area contributed by atoms with E-state index in [-0.39, 0.29) is 17.6 Å². The molecule has 0 bridgehead atoms. The number of hydrogen-bond acceptors (Lipinski definition) is 3. The topological polar surface area (TPSA) is 55.5 Å². The number of aliphatic hydroxyl groups is 1. The highest BCUT2D eigenvalue weighted by atomic mass is 16.5. The zero-order valence-electron chi connectivity index (χ0n) is 13.6. The summed E-state index contributed by atoms with van der Waals surface area (Å²) in [5.41, 5.74) is 9.23. The monoisotopic (exact) mass is 301 g/mol. The first kappa shape index (κ1) is 14.5. The number of ether oxygens (including phenoxy) is 1. The van der Waals surface area contributed by atoms with Crippen molar-refractivity contribution in [2.75, 3.05) is 7.11 Å². The number of aryl methyl sites for hydroxylation is 1. The Balaban J connectivity index is 1.69. The molecule has 0 radical (unpaired) electrons. The van der Waals surface area contributed by atoms with Crippen LogP contribution in [0.3, 0.4) is 0 Å². The van der Waals surface area contributed by atoms with Crippen LogP contribution in [0.2, 0.25) is 0 Å². The van der Waals surface area contributed by atoms with Crippen LogP contribution in [0.25, 0.3) is 0 Å². The number of nitrogens with two attached hydrogens (primary N) is 1. The summed E-state index contributed by atoms with van der Waals surface area (Å²) < 4.78 is 5.38. The second kappa shape index (κ2) is 4.97. The molecule has 3 unspecified atom stereocenters. The maximum absolute atomic E-state index is 10.6. The van der Waals surface area contributed by atoms with Crippen molar-refractivity contribution < 1.29 is 9.84 Å². The van der Waals surface area contributed by atoms with Gasteiger partial charge in [0.2, 0.25) is 0 Å². The molecule has 2 saturated carbocycles. The van der Waals surface area contributed by atoms with Gasteiger partial charge in [-0.3, -0.25) is 0 Å². The van der Waals surface area contributed by atoms with Gasteiger partial charge in [-0.25, -0.2) is 0 Å². The Kier molecular flexibility index (Phi) is 3.28. The predicted octanol–water partition coefficient (Wildman–Crippen LogP) is 2.85. The highest BCUT2D eigenvalue weighted by Crippen LogP contribution is 2.60. The van der Waals surface area contributed by atoms with E-state index in [9.17, 15) is 5.11 Å². The molecule has 120 valence electrons. The van der Waals surface area contributed by atoms with Crippen LogP contribution in [-0.4, -0.2) is 24.4 Å². The molecular formula is C19H27NO2. The molecule has 3 N–H and O–H groups in total. The van der Waals surface area contributed by atoms with Crippen molar-refractivity contribution in [3.05, 3.63) is 29.3 Å². The van der Waals surface area contributed by atoms with E-state index >= 15 is 0 Å². The van der Waals surface area contributed by atoms with Gasteiger partial charge in [0.25, 0.3) is 0 Å². The highest BCUT2D eigenvalue weighted by Gasteiger charge is 2.57. The number of fused-ring (bicyclic) bond motifs is 5. The summed E-state index contributed by atoms with van der Waals surface area (Å²) >= 11 is 0. The molecule has 0 heterocycles. The summed E-state index contributed by atoms with van der Waals surface area (Å²) in [6.07, 6.45) is 5.30. The quantitative estimate of drug-likeness (QED) is 0.838. The van der Waals surface area contributed by atoms with Crippen LogP contribution in [0.15, 0.2) is 18.2 Å². The molecule has 3 aliphatic carbocycles. The van der Waals surface area contributed by atoms with Gasteiger partial charge in [-0.05, 0) is 78.5 Å². The summed E-state index contributed by atoms with van der Waals surface area (Å²) in [4.78, 5) is 0. The van der Waals surface area contributed by atoms with Crippen molar-refractivity contribution in [1.82, 2.24) is 0 Å². The molecule has 0 amide bonds. The molecule has 6 atom stereocenters. The highest BCUT2D eigenvalue weighted by molar-refractivity contribution is 5.40. The van der Waals surface area contributed by atoms with Gasteiger partial charge in [-0.1, -0.05) is 13.0 Å². The number of hydrogen-bond donors (Lipinski definition) is 2. The summed E-state index contributed by atoms with van der Waals surface area (Å²) in [6.45, 7) is 2.27. The third-order valence-electron chi connectivity index (χ3n) is 6.98. The van der Waals surface area contributed by atoms with Gasteiger partial charge in [0.15, 0.2) is 0 Å². The Morgan fingerprint density at radius 1 is 1.32 bits per heavy atom. The molecule has 0 saturated heterocycles. The average Bonchev–Trinajstić information content (AvgIpc) is 2.77. The Morgan fingerprint density at radius 3 is 2.91 bits per heavy atom. The van der Waals surface area contributed by atoms with Crippen LogP contribution in [0.5, 0.6) is 5.75 Å². The van der Waals surface area contributed by atoms with Crippen LogP contribution in [0.1, 0.15) is 49.7 Å². The van der Waals surface area contributed by atoms with E-state index in [1.165, 1.54) is 24.0 Å². The lowest BCUT2D eigenvalue weighted by Crippen LogP contribution is -2.45. The predicted molar refractivity (Wildman–Crippen MR) is 87.0 cm³/mol. The van der Waals surface area contributed by atoms with E-state index in [2.05, 4.69) is 25.1 Å². The van der Waals surface area contributed by atoms with E-state index < -0.39 is 0 Å². The first-order valence-corrected chi connectivity index (χ1v) is 8.65. The second-order valence-corrected chi connectivity index (χ2v) is 7.87. The maximum atomic E-state index is 10.6. The Morgan fingerprint density at radius 2 is 2.14 bits per heavy atom. The van der Waals surface area contributed by atoms with Crippen LogP contribution in [0.4, 0.5) is 0 Å². The van der Waals surface area contributed by atoms with Gasteiger partial charge in [-0.2, -0.15) is 0 Å². The Labute approximate surface area is 132 Å². The van der Waals surface area contributed by atoms with Gasteiger partial charge in [0.05, 0.1) is 13.2 Å². The summed E-state index contributed by atoms with van der Waals surface area (Å²) in [5.74, 6) is 2.87. The fourth-order valence-electron chi connectivity index (χ4n) is 5.76. The molecule has 1 aromatic carbocycles. The SMILES string of the molecule is COc1ccc2c(c1)CCC1C2CC[C@@]2(C)C1C[C@H](N)[C@@H]2O. The lowest BCUT2D eigenvalue weighted by atomic mass is 9.55. The maximum Gasteiger partial charge on any atom is 0.119 e. The molecule has 3 aliphatic rings. The van der Waals surface area contributed by atoms with E-state index in [1.54, 1.807) is 7.11 Å². The number of methoxy groups -OCH3 is 1. The molecule has 0 spiro atoms. The molecule has 0 aromatic heterocycles. The molecular weight excluding hydrogens is 274 g/mol. The van der Waals surface area contributed by atoms with Gasteiger partial charge in [0, 0.05) is 6.04 Å². The van der Waals surface area contributed by atoms with E-state index in [4.69, 9.17) is 10.5 Å². The molecule has 22 heavy (non-hydrogen) atoms. The minimum Gasteiger partial charge on any atom is -0.497 e. The smallest absolute Gasteiger partial charge is 0.119 e. The molecule has 0 aliphatic heterocycles. The molecule has 4 rings (SSSR count). The van der Waals surface area contributed by atoms with Crippen LogP contribution < -0.4 is 10.5 Å². The average molecular weight is 301 g/mol. The van der Waals surface area contributed by atoms with Crippen molar-refractivity contribution in [1.29, 1.82) is 0 Å². The van der Waals surface area contributed by atoms with Gasteiger partial charge < -0.3 is 15.6 Å². The van der Waals surface area contributed by atoms with Crippen LogP contribution >= 0.6 is 0 Å². The standard InChI is InChI=1S/C19H27NO2/c1-19-8-7-14-13-6-4-12(22-2)9-11(13)3-5-15(14)16(19)10-17(20)18(19)21/h4,6,9,14-18,21H,3,5,7-8,10,20H2,1-2H3/t14?,15?,16?,17-,18-,19-/m0/s1. The van der Waals surface area contributed by atoms with Gasteiger partial charge in [-0.15, -0.1) is 0 Å². The number of aliphatic hydroxyl groups excluding tert-OH is 1. The van der Waals surface area contributed by atoms with Gasteiger partial charge >= 0.3 is 0 Å². The van der Waals surface area contributed by atoms with Crippen molar-refractivity contribution in [3.8, 4) is 5.75 Å². The number of benzene rings is 1. The van der Waals surface area contributed by atoms with Crippen LogP contribution in [0, 0.1) is 17.3 Å². The first-order chi connectivity index (χ1) is 10.5. The zero-order chi connectivity index (χ0) is 15.5. The summed E-state index contributed by atoms with van der Waals surface area (Å²) in [6, 6.07) is 6.56. The van der Waals surface area contributed by atoms with E-state index in [1.807, 2.05) is 0 Å². The minimum atomic E-state index is -0.323. The van der Waals surface area contributed by atoms with Crippen LogP contribution in [-0.2, 0) is 6.42 Å². The first-order valence-electron chi connectivity index (χ1n) is 8.65. The number of rotatable bonds is 1. The van der Waals surface area contributed by atoms with Gasteiger partial charge in [0.1, 0.15) is 5.75 Å². The lowest BCUT2D eigenvalue weighted by Gasteiger charge is -2.50. The fourth-order valence-corrected chi connectivity index (χ4v) is 5.76. The second-order valence-electron chi connectivity index (χ2n) is 7.87. The minimum absolute atomic E-state index is 0.0323. The third-order valence-corrected chi connectivity index (χ3v) is 6.98. The van der Waals surface area contributed by atoms with Crippen molar-refractivity contribution in [2.24, 2.45) is 23.0 Å². The molecule has 1 aromatic rings.